The van der Waals surface area contributed by atoms with Gasteiger partial charge in [0.25, 0.3) is 11.6 Å². The predicted octanol–water partition coefficient (Wildman–Crippen LogP) is 3.19. The van der Waals surface area contributed by atoms with Crippen molar-refractivity contribution in [1.82, 2.24) is 0 Å². The van der Waals surface area contributed by atoms with Crippen molar-refractivity contribution in [3.05, 3.63) is 62.6 Å². The first-order chi connectivity index (χ1) is 12.3. The Morgan fingerprint density at radius 1 is 1.19 bits per heavy atom. The molecular weight excluding hydrogens is 408 g/mol. The minimum absolute atomic E-state index is 0.0551. The molecule has 1 amide bonds. The Kier molecular flexibility index (Phi) is 6.29. The smallest absolute Gasteiger partial charge is 0.337 e. The summed E-state index contributed by atoms with van der Waals surface area (Å²) in [5.74, 6) is -0.433. The fourth-order valence-corrected chi connectivity index (χ4v) is 2.53. The maximum absolute atomic E-state index is 12.2. The topological polar surface area (TPSA) is 99.0 Å². The molecular formula is C17H15BrN2O6. The van der Waals surface area contributed by atoms with Crippen LogP contribution in [0.4, 0.5) is 11.4 Å². The highest BCUT2D eigenvalue weighted by molar-refractivity contribution is 9.10. The first-order valence-corrected chi connectivity index (χ1v) is 8.14. The van der Waals surface area contributed by atoms with Gasteiger partial charge >= 0.3 is 5.97 Å². The lowest BCUT2D eigenvalue weighted by Gasteiger charge is -2.18. The third-order valence-corrected chi connectivity index (χ3v) is 4.15. The number of non-ortho nitro benzene ring substituents is 1. The van der Waals surface area contributed by atoms with Gasteiger partial charge in [-0.05, 0) is 46.3 Å². The van der Waals surface area contributed by atoms with Crippen LogP contribution >= 0.6 is 15.9 Å². The fourth-order valence-electron chi connectivity index (χ4n) is 2.04. The number of methoxy groups -OCH3 is 1. The molecule has 0 heterocycles. The van der Waals surface area contributed by atoms with Crippen molar-refractivity contribution in [3.63, 3.8) is 0 Å². The largest absolute Gasteiger partial charge is 0.483 e. The number of ether oxygens (including phenoxy) is 2. The van der Waals surface area contributed by atoms with Crippen LogP contribution in [0.25, 0.3) is 0 Å². The van der Waals surface area contributed by atoms with E-state index in [0.29, 0.717) is 21.5 Å². The summed E-state index contributed by atoms with van der Waals surface area (Å²) in [5.41, 5.74) is 0.797. The van der Waals surface area contributed by atoms with Crippen molar-refractivity contribution < 1.29 is 24.0 Å². The summed E-state index contributed by atoms with van der Waals surface area (Å²) in [6.45, 7) is -0.246. The molecule has 2 aromatic carbocycles. The molecule has 9 heteroatoms. The van der Waals surface area contributed by atoms with Crippen LogP contribution in [0.5, 0.6) is 5.75 Å². The molecule has 2 aromatic rings. The molecule has 8 nitrogen and oxygen atoms in total. The normalized spacial score (nSPS) is 10.1. The molecule has 0 saturated heterocycles. The van der Waals surface area contributed by atoms with Crippen LogP contribution in [0, 0.1) is 10.1 Å². The number of benzene rings is 2. The van der Waals surface area contributed by atoms with E-state index in [1.807, 2.05) is 0 Å². The van der Waals surface area contributed by atoms with E-state index in [-0.39, 0.29) is 18.2 Å². The highest BCUT2D eigenvalue weighted by atomic mass is 79.9. The Morgan fingerprint density at radius 2 is 1.85 bits per heavy atom. The van der Waals surface area contributed by atoms with E-state index < -0.39 is 10.9 Å². The Balaban J connectivity index is 2.01. The first kappa shape index (κ1) is 19.4. The number of hydrogen-bond acceptors (Lipinski definition) is 6. The van der Waals surface area contributed by atoms with Crippen LogP contribution in [0.3, 0.4) is 0 Å². The lowest BCUT2D eigenvalue weighted by Crippen LogP contribution is -2.31. The molecule has 0 aliphatic rings. The van der Waals surface area contributed by atoms with E-state index in [9.17, 15) is 19.7 Å². The third-order valence-electron chi connectivity index (χ3n) is 3.53. The van der Waals surface area contributed by atoms with Crippen molar-refractivity contribution in [2.24, 2.45) is 0 Å². The molecule has 0 aliphatic carbocycles. The maximum Gasteiger partial charge on any atom is 0.337 e. The zero-order valence-electron chi connectivity index (χ0n) is 14.0. The zero-order chi connectivity index (χ0) is 19.3. The molecule has 0 atom stereocenters. The van der Waals surface area contributed by atoms with Gasteiger partial charge in [0.15, 0.2) is 6.61 Å². The lowest BCUT2D eigenvalue weighted by molar-refractivity contribution is -0.384. The number of rotatable bonds is 6. The Labute approximate surface area is 157 Å². The second-order valence-electron chi connectivity index (χ2n) is 5.15. The van der Waals surface area contributed by atoms with Gasteiger partial charge in [0, 0.05) is 24.9 Å². The number of nitro groups is 1. The molecule has 0 aliphatic heterocycles. The number of anilines is 1. The van der Waals surface area contributed by atoms with Gasteiger partial charge in [-0.3, -0.25) is 14.9 Å². The number of nitro benzene ring substituents is 1. The van der Waals surface area contributed by atoms with Crippen molar-refractivity contribution in [2.45, 2.75) is 0 Å². The molecule has 0 aromatic heterocycles. The van der Waals surface area contributed by atoms with Crippen LogP contribution < -0.4 is 9.64 Å². The number of likely N-dealkylation sites (N-methyl/N-ethyl adjacent to an activating group) is 1. The molecule has 0 spiro atoms. The summed E-state index contributed by atoms with van der Waals surface area (Å²) < 4.78 is 10.6. The second kappa shape index (κ2) is 8.43. The standard InChI is InChI=1S/C17H15BrN2O6/c1-19(12-4-6-13(7-5-12)20(23)24)16(21)10-26-15-8-3-11(9-14(15)18)17(22)25-2/h3-9H,10H2,1-2H3. The van der Waals surface area contributed by atoms with Gasteiger partial charge in [-0.25, -0.2) is 4.79 Å². The van der Waals surface area contributed by atoms with E-state index in [2.05, 4.69) is 20.7 Å². The number of hydrogen-bond donors (Lipinski definition) is 0. The summed E-state index contributed by atoms with van der Waals surface area (Å²) in [6, 6.07) is 10.2. The van der Waals surface area contributed by atoms with Gasteiger partial charge in [0.2, 0.25) is 0 Å². The van der Waals surface area contributed by atoms with E-state index in [0.717, 1.165) is 0 Å². The number of carbonyl (C=O) groups excluding carboxylic acids is 2. The Hall–Kier alpha value is -2.94. The average Bonchev–Trinajstić information content (AvgIpc) is 2.65. The molecule has 26 heavy (non-hydrogen) atoms. The number of esters is 1. The molecule has 0 bridgehead atoms. The summed E-state index contributed by atoms with van der Waals surface area (Å²) >= 11 is 3.28. The quantitative estimate of drug-likeness (QED) is 0.402. The summed E-state index contributed by atoms with van der Waals surface area (Å²) in [7, 11) is 2.83. The minimum Gasteiger partial charge on any atom is -0.483 e. The monoisotopic (exact) mass is 422 g/mol. The van der Waals surface area contributed by atoms with Crippen LogP contribution in [0.2, 0.25) is 0 Å². The van der Waals surface area contributed by atoms with Crippen molar-refractivity contribution in [2.75, 3.05) is 25.7 Å². The van der Waals surface area contributed by atoms with Gasteiger partial charge in [-0.2, -0.15) is 0 Å². The van der Waals surface area contributed by atoms with Crippen LogP contribution in [-0.2, 0) is 9.53 Å². The third kappa shape index (κ3) is 4.57. The van der Waals surface area contributed by atoms with Crippen LogP contribution in [0.15, 0.2) is 46.9 Å². The Bertz CT molecular complexity index is 838. The number of carbonyl (C=O) groups is 2. The van der Waals surface area contributed by atoms with Gasteiger partial charge in [-0.15, -0.1) is 0 Å². The minimum atomic E-state index is -0.510. The molecule has 136 valence electrons. The predicted molar refractivity (Wildman–Crippen MR) is 97.5 cm³/mol. The number of halogens is 1. The van der Waals surface area contributed by atoms with Gasteiger partial charge in [0.05, 0.1) is 22.1 Å². The number of nitrogens with zero attached hydrogens (tertiary/aromatic N) is 2. The van der Waals surface area contributed by atoms with E-state index in [4.69, 9.17) is 4.74 Å². The summed E-state index contributed by atoms with van der Waals surface area (Å²) in [5, 5.41) is 10.7. The molecule has 0 unspecified atom stereocenters. The fraction of sp³-hybridized carbons (Fsp3) is 0.176. The molecule has 0 saturated carbocycles. The average molecular weight is 423 g/mol. The highest BCUT2D eigenvalue weighted by Crippen LogP contribution is 2.26. The van der Waals surface area contributed by atoms with Crippen LogP contribution in [-0.4, -0.2) is 37.6 Å². The summed E-state index contributed by atoms with van der Waals surface area (Å²) in [6.07, 6.45) is 0. The summed E-state index contributed by atoms with van der Waals surface area (Å²) in [4.78, 5) is 35.2. The van der Waals surface area contributed by atoms with Gasteiger partial charge < -0.3 is 14.4 Å². The van der Waals surface area contributed by atoms with Gasteiger partial charge in [0.1, 0.15) is 5.75 Å². The van der Waals surface area contributed by atoms with E-state index in [1.54, 1.807) is 13.1 Å². The van der Waals surface area contributed by atoms with Gasteiger partial charge in [-0.1, -0.05) is 0 Å². The Morgan fingerprint density at radius 3 is 2.38 bits per heavy atom. The molecule has 0 fully saturated rings. The van der Waals surface area contributed by atoms with E-state index in [1.165, 1.54) is 48.4 Å². The number of amides is 1. The first-order valence-electron chi connectivity index (χ1n) is 7.35. The molecule has 2 rings (SSSR count). The van der Waals surface area contributed by atoms with Crippen molar-refractivity contribution >= 4 is 39.2 Å². The van der Waals surface area contributed by atoms with E-state index >= 15 is 0 Å². The highest BCUT2D eigenvalue weighted by Gasteiger charge is 2.15. The maximum atomic E-state index is 12.2. The lowest BCUT2D eigenvalue weighted by atomic mass is 10.2. The molecule has 0 N–H and O–H groups in total. The van der Waals surface area contributed by atoms with Crippen LogP contribution in [0.1, 0.15) is 10.4 Å². The second-order valence-corrected chi connectivity index (χ2v) is 6.01. The molecule has 0 radical (unpaired) electrons. The van der Waals surface area contributed by atoms with Crippen molar-refractivity contribution in [1.29, 1.82) is 0 Å². The SMILES string of the molecule is COC(=O)c1ccc(OCC(=O)N(C)c2ccc([N+](=O)[O-])cc2)c(Br)c1. The van der Waals surface area contributed by atoms with Crippen molar-refractivity contribution in [3.8, 4) is 5.75 Å². The zero-order valence-corrected chi connectivity index (χ0v) is 15.6.